The molecule has 0 aliphatic carbocycles. The Labute approximate surface area is 124 Å². The number of carbonyl (C=O) groups excluding carboxylic acids is 1. The van der Waals surface area contributed by atoms with E-state index in [4.69, 9.17) is 5.11 Å². The molecule has 2 aromatic carbocycles. The van der Waals surface area contributed by atoms with Crippen LogP contribution in [-0.2, 0) is 0 Å². The molecule has 0 aliphatic rings. The van der Waals surface area contributed by atoms with Gasteiger partial charge in [0.2, 0.25) is 0 Å². The molecule has 1 amide bonds. The Hall–Kier alpha value is -2.57. The van der Waals surface area contributed by atoms with Crippen molar-refractivity contribution in [2.45, 2.75) is 13.8 Å². The van der Waals surface area contributed by atoms with Gasteiger partial charge in [-0.15, -0.1) is 0 Å². The van der Waals surface area contributed by atoms with Gasteiger partial charge < -0.3 is 10.4 Å². The molecule has 0 heterocycles. The highest BCUT2D eigenvalue weighted by molar-refractivity contribution is 6.06. The first kappa shape index (κ1) is 14.8. The Morgan fingerprint density at radius 3 is 2.62 bits per heavy atom. The van der Waals surface area contributed by atoms with Crippen LogP contribution in [0.15, 0.2) is 42.5 Å². The Balaban J connectivity index is 2.26. The number of carbonyl (C=O) groups is 1. The topological polar surface area (TPSA) is 49.3 Å². The van der Waals surface area contributed by atoms with Crippen LogP contribution in [0, 0.1) is 25.7 Å². The normalized spacial score (nSPS) is 9.67. The minimum absolute atomic E-state index is 0.207. The second kappa shape index (κ2) is 6.74. The lowest BCUT2D eigenvalue weighted by atomic mass is 10.1. The summed E-state index contributed by atoms with van der Waals surface area (Å²) >= 11 is 0. The molecule has 0 saturated carbocycles. The van der Waals surface area contributed by atoms with Gasteiger partial charge in [-0.1, -0.05) is 30.0 Å². The number of rotatable bonds is 2. The van der Waals surface area contributed by atoms with Gasteiger partial charge in [0.1, 0.15) is 6.61 Å². The van der Waals surface area contributed by atoms with Crippen molar-refractivity contribution in [2.75, 3.05) is 11.9 Å². The highest BCUT2D eigenvalue weighted by Crippen LogP contribution is 2.16. The molecule has 0 aromatic heterocycles. The summed E-state index contributed by atoms with van der Waals surface area (Å²) in [6.45, 7) is 3.81. The summed E-state index contributed by atoms with van der Waals surface area (Å²) in [6, 6.07) is 12.9. The van der Waals surface area contributed by atoms with E-state index in [1.807, 2.05) is 38.1 Å². The molecule has 0 spiro atoms. The van der Waals surface area contributed by atoms with Crippen molar-refractivity contribution in [3.8, 4) is 11.8 Å². The van der Waals surface area contributed by atoms with Crippen LogP contribution in [0.3, 0.4) is 0 Å². The molecule has 0 aliphatic heterocycles. The molecule has 0 unspecified atom stereocenters. The van der Waals surface area contributed by atoms with E-state index < -0.39 is 0 Å². The van der Waals surface area contributed by atoms with Gasteiger partial charge in [-0.3, -0.25) is 4.79 Å². The zero-order valence-corrected chi connectivity index (χ0v) is 12.1. The zero-order chi connectivity index (χ0) is 15.2. The number of anilines is 1. The van der Waals surface area contributed by atoms with Gasteiger partial charge in [0.25, 0.3) is 5.91 Å². The first-order chi connectivity index (χ1) is 10.1. The molecular weight excluding hydrogens is 262 g/mol. The van der Waals surface area contributed by atoms with Crippen molar-refractivity contribution in [2.24, 2.45) is 0 Å². The number of amides is 1. The third kappa shape index (κ3) is 3.71. The largest absolute Gasteiger partial charge is 0.384 e. The average molecular weight is 279 g/mol. The number of aliphatic hydroxyl groups is 1. The number of hydrogen-bond donors (Lipinski definition) is 2. The summed E-state index contributed by atoms with van der Waals surface area (Å²) in [4.78, 5) is 12.4. The van der Waals surface area contributed by atoms with Crippen LogP contribution in [-0.4, -0.2) is 17.6 Å². The summed E-state index contributed by atoms with van der Waals surface area (Å²) in [7, 11) is 0. The van der Waals surface area contributed by atoms with Gasteiger partial charge in [-0.05, 0) is 49.2 Å². The summed E-state index contributed by atoms with van der Waals surface area (Å²) in [6.07, 6.45) is 0. The predicted molar refractivity (Wildman–Crippen MR) is 84.3 cm³/mol. The van der Waals surface area contributed by atoms with E-state index in [0.717, 1.165) is 11.3 Å². The van der Waals surface area contributed by atoms with Crippen LogP contribution < -0.4 is 5.32 Å². The van der Waals surface area contributed by atoms with Gasteiger partial charge in [0, 0.05) is 11.3 Å². The van der Waals surface area contributed by atoms with Crippen LogP contribution in [0.5, 0.6) is 0 Å². The maximum Gasteiger partial charge on any atom is 0.256 e. The van der Waals surface area contributed by atoms with Crippen LogP contribution >= 0.6 is 0 Å². The maximum atomic E-state index is 12.4. The molecule has 0 saturated heterocycles. The Bertz CT molecular complexity index is 723. The first-order valence-corrected chi connectivity index (χ1v) is 6.69. The van der Waals surface area contributed by atoms with Crippen molar-refractivity contribution < 1.29 is 9.90 Å². The van der Waals surface area contributed by atoms with Gasteiger partial charge in [0.05, 0.1) is 5.56 Å². The summed E-state index contributed by atoms with van der Waals surface area (Å²) in [5, 5.41) is 11.6. The molecule has 0 radical (unpaired) electrons. The zero-order valence-electron chi connectivity index (χ0n) is 12.1. The second-order valence-corrected chi connectivity index (χ2v) is 4.76. The smallest absolute Gasteiger partial charge is 0.256 e. The van der Waals surface area contributed by atoms with Crippen molar-refractivity contribution in [1.82, 2.24) is 0 Å². The highest BCUT2D eigenvalue weighted by atomic mass is 16.2. The molecule has 3 nitrogen and oxygen atoms in total. The Kier molecular flexibility index (Phi) is 4.76. The van der Waals surface area contributed by atoms with Crippen LogP contribution in [0.25, 0.3) is 0 Å². The third-order valence-corrected chi connectivity index (χ3v) is 3.24. The SMILES string of the molecule is Cc1ccc(NC(=O)c2ccccc2C#CCO)cc1C. The summed E-state index contributed by atoms with van der Waals surface area (Å²) in [5.74, 6) is 5.15. The van der Waals surface area contributed by atoms with E-state index in [1.54, 1.807) is 18.2 Å². The maximum absolute atomic E-state index is 12.4. The van der Waals surface area contributed by atoms with Crippen molar-refractivity contribution >= 4 is 11.6 Å². The fourth-order valence-electron chi connectivity index (χ4n) is 1.94. The van der Waals surface area contributed by atoms with Gasteiger partial charge in [-0.2, -0.15) is 0 Å². The monoisotopic (exact) mass is 279 g/mol. The first-order valence-electron chi connectivity index (χ1n) is 6.69. The fraction of sp³-hybridized carbons (Fsp3) is 0.167. The number of hydrogen-bond acceptors (Lipinski definition) is 2. The third-order valence-electron chi connectivity index (χ3n) is 3.24. The standard InChI is InChI=1S/C18H17NO2/c1-13-9-10-16(12-14(13)2)19-18(21)17-8-4-3-6-15(17)7-5-11-20/h3-4,6,8-10,12,20H,11H2,1-2H3,(H,19,21). The molecule has 2 aromatic rings. The number of aryl methyl sites for hydroxylation is 2. The van der Waals surface area contributed by atoms with Crippen LogP contribution in [0.4, 0.5) is 5.69 Å². The molecule has 21 heavy (non-hydrogen) atoms. The minimum Gasteiger partial charge on any atom is -0.384 e. The summed E-state index contributed by atoms with van der Waals surface area (Å²) in [5.41, 5.74) is 4.17. The molecule has 3 heteroatoms. The lowest BCUT2D eigenvalue weighted by molar-refractivity contribution is 0.102. The highest BCUT2D eigenvalue weighted by Gasteiger charge is 2.10. The van der Waals surface area contributed by atoms with E-state index in [-0.39, 0.29) is 12.5 Å². The molecule has 2 rings (SSSR count). The van der Waals surface area contributed by atoms with E-state index in [2.05, 4.69) is 17.2 Å². The predicted octanol–water partition coefficient (Wildman–Crippen LogP) is 2.90. The van der Waals surface area contributed by atoms with E-state index in [9.17, 15) is 4.79 Å². The van der Waals surface area contributed by atoms with Crippen molar-refractivity contribution in [3.63, 3.8) is 0 Å². The number of aliphatic hydroxyl groups excluding tert-OH is 1. The molecule has 0 fully saturated rings. The van der Waals surface area contributed by atoms with Crippen molar-refractivity contribution in [3.05, 3.63) is 64.7 Å². The number of nitrogens with one attached hydrogen (secondary N) is 1. The molecule has 2 N–H and O–H groups in total. The van der Waals surface area contributed by atoms with Crippen LogP contribution in [0.2, 0.25) is 0 Å². The molecule has 0 atom stereocenters. The number of benzene rings is 2. The fourth-order valence-corrected chi connectivity index (χ4v) is 1.94. The second-order valence-electron chi connectivity index (χ2n) is 4.76. The lowest BCUT2D eigenvalue weighted by Gasteiger charge is -2.09. The van der Waals surface area contributed by atoms with Crippen LogP contribution in [0.1, 0.15) is 27.0 Å². The van der Waals surface area contributed by atoms with E-state index in [0.29, 0.717) is 11.1 Å². The Morgan fingerprint density at radius 1 is 1.14 bits per heavy atom. The quantitative estimate of drug-likeness (QED) is 0.830. The molecule has 0 bridgehead atoms. The lowest BCUT2D eigenvalue weighted by Crippen LogP contribution is -2.13. The van der Waals surface area contributed by atoms with E-state index >= 15 is 0 Å². The molecular formula is C18H17NO2. The van der Waals surface area contributed by atoms with E-state index in [1.165, 1.54) is 5.56 Å². The van der Waals surface area contributed by atoms with Crippen molar-refractivity contribution in [1.29, 1.82) is 0 Å². The summed E-state index contributed by atoms with van der Waals surface area (Å²) < 4.78 is 0. The minimum atomic E-state index is -0.229. The van der Waals surface area contributed by atoms with Gasteiger partial charge in [0.15, 0.2) is 0 Å². The molecule has 106 valence electrons. The Morgan fingerprint density at radius 2 is 1.90 bits per heavy atom. The average Bonchev–Trinajstić information content (AvgIpc) is 2.49. The van der Waals surface area contributed by atoms with Gasteiger partial charge in [-0.25, -0.2) is 0 Å². The van der Waals surface area contributed by atoms with Gasteiger partial charge >= 0.3 is 0 Å².